The molecule has 1 fully saturated rings. The monoisotopic (exact) mass is 384 g/mol. The molecule has 1 N–H and O–H groups in total. The van der Waals surface area contributed by atoms with Crippen LogP contribution in [0.3, 0.4) is 0 Å². The number of carbonyl (C=O) groups excluding carboxylic acids is 1. The van der Waals surface area contributed by atoms with E-state index in [-0.39, 0.29) is 11.9 Å². The Balaban J connectivity index is 1.37. The number of hydrogen-bond acceptors (Lipinski definition) is 2. The highest BCUT2D eigenvalue weighted by atomic mass is 16.2. The van der Waals surface area contributed by atoms with E-state index < -0.39 is 0 Å². The fraction of sp³-hybridized carbons (Fsp3) is 0.250. The SMILES string of the molecule is Cc1ccccc1[C@@H]1CCCN1C(=O)c1cc(Cn2ccc3ccccc32)[nH]n1. The summed E-state index contributed by atoms with van der Waals surface area (Å²) in [7, 11) is 0. The number of rotatable bonds is 4. The molecular weight excluding hydrogens is 360 g/mol. The van der Waals surface area contributed by atoms with Crippen molar-refractivity contribution in [1.82, 2.24) is 19.7 Å². The second kappa shape index (κ2) is 7.24. The van der Waals surface area contributed by atoms with Gasteiger partial charge in [-0.3, -0.25) is 9.89 Å². The molecule has 2 aromatic heterocycles. The van der Waals surface area contributed by atoms with E-state index in [2.05, 4.69) is 64.3 Å². The van der Waals surface area contributed by atoms with Crippen molar-refractivity contribution < 1.29 is 4.79 Å². The molecule has 0 spiro atoms. The Morgan fingerprint density at radius 2 is 1.97 bits per heavy atom. The molecule has 5 heteroatoms. The third-order valence-corrected chi connectivity index (χ3v) is 5.93. The third kappa shape index (κ3) is 3.23. The van der Waals surface area contributed by atoms with Crippen LogP contribution in [-0.4, -0.2) is 32.1 Å². The van der Waals surface area contributed by atoms with Gasteiger partial charge in [-0.05, 0) is 54.5 Å². The maximum Gasteiger partial charge on any atom is 0.274 e. The average molecular weight is 384 g/mol. The molecule has 1 saturated heterocycles. The molecule has 1 aliphatic heterocycles. The summed E-state index contributed by atoms with van der Waals surface area (Å²) in [5.74, 6) is 0.00983. The lowest BCUT2D eigenvalue weighted by Crippen LogP contribution is -2.31. The van der Waals surface area contributed by atoms with Crippen LogP contribution in [0.4, 0.5) is 0 Å². The van der Waals surface area contributed by atoms with Crippen LogP contribution in [0.15, 0.2) is 66.9 Å². The molecule has 0 radical (unpaired) electrons. The number of nitrogens with one attached hydrogen (secondary N) is 1. The molecule has 1 aliphatic rings. The molecule has 0 aliphatic carbocycles. The van der Waals surface area contributed by atoms with Crippen molar-refractivity contribution in [2.45, 2.75) is 32.4 Å². The van der Waals surface area contributed by atoms with E-state index in [0.717, 1.165) is 25.1 Å². The van der Waals surface area contributed by atoms with Crippen LogP contribution in [0.25, 0.3) is 10.9 Å². The normalized spacial score (nSPS) is 16.6. The van der Waals surface area contributed by atoms with Gasteiger partial charge in [0, 0.05) is 18.3 Å². The number of benzene rings is 2. The van der Waals surface area contributed by atoms with Gasteiger partial charge in [0.2, 0.25) is 0 Å². The average Bonchev–Trinajstić information content (AvgIpc) is 3.48. The number of H-pyrrole nitrogens is 1. The van der Waals surface area contributed by atoms with Crippen molar-refractivity contribution >= 4 is 16.8 Å². The van der Waals surface area contributed by atoms with Crippen LogP contribution in [0.1, 0.15) is 46.2 Å². The second-order valence-electron chi connectivity index (χ2n) is 7.79. The number of likely N-dealkylation sites (tertiary alicyclic amines) is 1. The summed E-state index contributed by atoms with van der Waals surface area (Å²) in [5, 5.41) is 8.61. The van der Waals surface area contributed by atoms with Gasteiger partial charge in [0.1, 0.15) is 5.69 Å². The number of nitrogens with zero attached hydrogens (tertiary/aromatic N) is 3. The zero-order valence-electron chi connectivity index (χ0n) is 16.5. The quantitative estimate of drug-likeness (QED) is 0.554. The van der Waals surface area contributed by atoms with Gasteiger partial charge in [0.05, 0.1) is 18.3 Å². The van der Waals surface area contributed by atoms with Gasteiger partial charge < -0.3 is 9.47 Å². The Labute approximate surface area is 170 Å². The molecule has 3 heterocycles. The van der Waals surface area contributed by atoms with E-state index in [0.29, 0.717) is 12.2 Å². The summed E-state index contributed by atoms with van der Waals surface area (Å²) in [6, 6.07) is 20.8. The van der Waals surface area contributed by atoms with Crippen molar-refractivity contribution in [2.24, 2.45) is 0 Å². The van der Waals surface area contributed by atoms with Gasteiger partial charge in [-0.15, -0.1) is 0 Å². The minimum Gasteiger partial charge on any atom is -0.341 e. The maximum absolute atomic E-state index is 13.2. The van der Waals surface area contributed by atoms with Crippen molar-refractivity contribution in [3.05, 3.63) is 89.4 Å². The van der Waals surface area contributed by atoms with Crippen molar-refractivity contribution in [3.8, 4) is 0 Å². The van der Waals surface area contributed by atoms with Gasteiger partial charge >= 0.3 is 0 Å². The van der Waals surface area contributed by atoms with E-state index in [1.54, 1.807) is 0 Å². The van der Waals surface area contributed by atoms with Gasteiger partial charge in [-0.2, -0.15) is 5.10 Å². The standard InChI is InChI=1S/C24H24N4O/c1-17-7-2-4-9-20(17)23-11-6-13-28(23)24(29)21-15-19(25-26-21)16-27-14-12-18-8-3-5-10-22(18)27/h2-5,7-10,12,14-15,23H,6,11,13,16H2,1H3,(H,25,26)/t23-/m0/s1. The van der Waals surface area contributed by atoms with Crippen molar-refractivity contribution in [2.75, 3.05) is 6.54 Å². The van der Waals surface area contributed by atoms with Crippen molar-refractivity contribution in [1.29, 1.82) is 0 Å². The van der Waals surface area contributed by atoms with Crippen LogP contribution >= 0.6 is 0 Å². The largest absolute Gasteiger partial charge is 0.341 e. The smallest absolute Gasteiger partial charge is 0.274 e. The lowest BCUT2D eigenvalue weighted by Gasteiger charge is -2.25. The first-order valence-corrected chi connectivity index (χ1v) is 10.2. The van der Waals surface area contributed by atoms with Gasteiger partial charge in [-0.1, -0.05) is 42.5 Å². The molecule has 0 saturated carbocycles. The fourth-order valence-corrected chi connectivity index (χ4v) is 4.46. The number of aromatic amines is 1. The molecule has 1 atom stereocenters. The predicted molar refractivity (Wildman–Crippen MR) is 114 cm³/mol. The molecule has 1 amide bonds. The summed E-state index contributed by atoms with van der Waals surface area (Å²) >= 11 is 0. The van der Waals surface area contributed by atoms with Gasteiger partial charge in [0.25, 0.3) is 5.91 Å². The Kier molecular flexibility index (Phi) is 4.43. The van der Waals surface area contributed by atoms with E-state index >= 15 is 0 Å². The number of para-hydroxylation sites is 1. The highest BCUT2D eigenvalue weighted by Crippen LogP contribution is 2.34. The zero-order chi connectivity index (χ0) is 19.8. The van der Waals surface area contributed by atoms with E-state index in [4.69, 9.17) is 0 Å². The third-order valence-electron chi connectivity index (χ3n) is 5.93. The van der Waals surface area contributed by atoms with Gasteiger partial charge in [0.15, 0.2) is 0 Å². The number of carbonyl (C=O) groups is 1. The first-order chi connectivity index (χ1) is 14.2. The summed E-state index contributed by atoms with van der Waals surface area (Å²) in [6.07, 6.45) is 4.10. The number of aromatic nitrogens is 3. The Morgan fingerprint density at radius 3 is 2.86 bits per heavy atom. The van der Waals surface area contributed by atoms with Crippen LogP contribution in [0.2, 0.25) is 0 Å². The van der Waals surface area contributed by atoms with Gasteiger partial charge in [-0.25, -0.2) is 0 Å². The van der Waals surface area contributed by atoms with Crippen LogP contribution in [0, 0.1) is 6.92 Å². The summed E-state index contributed by atoms with van der Waals surface area (Å²) < 4.78 is 2.17. The minimum atomic E-state index is 0.00983. The molecule has 0 bridgehead atoms. The number of hydrogen-bond donors (Lipinski definition) is 1. The lowest BCUT2D eigenvalue weighted by molar-refractivity contribution is 0.0729. The van der Waals surface area contributed by atoms with Crippen LogP contribution in [0.5, 0.6) is 0 Å². The number of amides is 1. The van der Waals surface area contributed by atoms with E-state index in [1.165, 1.54) is 22.0 Å². The second-order valence-corrected chi connectivity index (χ2v) is 7.79. The fourth-order valence-electron chi connectivity index (χ4n) is 4.46. The Morgan fingerprint density at radius 1 is 1.14 bits per heavy atom. The van der Waals surface area contributed by atoms with Crippen molar-refractivity contribution in [3.63, 3.8) is 0 Å². The highest BCUT2D eigenvalue weighted by Gasteiger charge is 2.32. The zero-order valence-corrected chi connectivity index (χ0v) is 16.5. The summed E-state index contributed by atoms with van der Waals surface area (Å²) in [4.78, 5) is 15.2. The molecule has 29 heavy (non-hydrogen) atoms. The molecule has 5 rings (SSSR count). The first-order valence-electron chi connectivity index (χ1n) is 10.2. The first kappa shape index (κ1) is 17.7. The summed E-state index contributed by atoms with van der Waals surface area (Å²) in [6.45, 7) is 3.56. The van der Waals surface area contributed by atoms with Crippen LogP contribution < -0.4 is 0 Å². The molecule has 0 unspecified atom stereocenters. The molecule has 5 nitrogen and oxygen atoms in total. The summed E-state index contributed by atoms with van der Waals surface area (Å²) in [5.41, 5.74) is 5.08. The highest BCUT2D eigenvalue weighted by molar-refractivity contribution is 5.93. The van der Waals surface area contributed by atoms with Crippen LogP contribution in [-0.2, 0) is 6.54 Å². The van der Waals surface area contributed by atoms with E-state index in [9.17, 15) is 4.79 Å². The Hall–Kier alpha value is -3.34. The molecular formula is C24H24N4O. The lowest BCUT2D eigenvalue weighted by atomic mass is 9.99. The number of fused-ring (bicyclic) bond motifs is 1. The molecule has 4 aromatic rings. The minimum absolute atomic E-state index is 0.00983. The van der Waals surface area contributed by atoms with E-state index in [1.807, 2.05) is 29.2 Å². The predicted octanol–water partition coefficient (Wildman–Crippen LogP) is 4.70. The maximum atomic E-state index is 13.2. The number of aryl methyl sites for hydroxylation is 1. The molecule has 146 valence electrons. The Bertz CT molecular complexity index is 1170. The topological polar surface area (TPSA) is 53.9 Å². The molecule has 2 aromatic carbocycles.